The van der Waals surface area contributed by atoms with Crippen LogP contribution in [0.4, 0.5) is 0 Å². The minimum atomic E-state index is -0.704. The average molecular weight is 475 g/mol. The lowest BCUT2D eigenvalue weighted by Gasteiger charge is -2.26. The predicted molar refractivity (Wildman–Crippen MR) is 139 cm³/mol. The molecule has 4 rings (SSSR count). The van der Waals surface area contributed by atoms with Crippen molar-refractivity contribution >= 4 is 5.84 Å². The third kappa shape index (κ3) is 6.01. The fourth-order valence-corrected chi connectivity index (χ4v) is 3.58. The van der Waals surface area contributed by atoms with Crippen LogP contribution >= 0.6 is 0 Å². The number of aromatic hydroxyl groups is 1. The normalized spacial score (nSPS) is 12.7. The van der Waals surface area contributed by atoms with Crippen molar-refractivity contribution in [1.29, 1.82) is 5.41 Å². The minimum absolute atomic E-state index is 0.00194. The van der Waals surface area contributed by atoms with Gasteiger partial charge in [0.05, 0.1) is 5.48 Å². The van der Waals surface area contributed by atoms with E-state index >= 15 is 0 Å². The van der Waals surface area contributed by atoms with Crippen molar-refractivity contribution in [3.8, 4) is 17.2 Å². The molecule has 178 valence electrons. The van der Waals surface area contributed by atoms with Gasteiger partial charge in [0, 0.05) is 11.0 Å². The summed E-state index contributed by atoms with van der Waals surface area (Å²) in [4.78, 5) is 0. The van der Waals surface area contributed by atoms with E-state index in [9.17, 15) is 5.11 Å². The van der Waals surface area contributed by atoms with Crippen molar-refractivity contribution in [3.63, 3.8) is 0 Å². The Balaban J connectivity index is 1.45. The molecule has 0 heterocycles. The summed E-state index contributed by atoms with van der Waals surface area (Å²) >= 11 is 0. The SMILES string of the molecule is [3H]c1cc(C(C)(C)c2cc([3H])c(OCc3cccc(COc4ccc(C(=N)N)cc4)c3)c([3H])c2)cc([3H])c1O. The van der Waals surface area contributed by atoms with Crippen LogP contribution in [-0.2, 0) is 18.6 Å². The largest absolute Gasteiger partial charge is 0.508 e. The van der Waals surface area contributed by atoms with Crippen molar-refractivity contribution < 1.29 is 20.1 Å². The molecule has 0 aliphatic carbocycles. The summed E-state index contributed by atoms with van der Waals surface area (Å²) in [6.07, 6.45) is 0. The molecular formula is C30H30N2O3. The molecule has 0 saturated carbocycles. The molecule has 4 N–H and O–H groups in total. The maximum Gasteiger partial charge on any atom is 0.122 e. The second-order valence-electron chi connectivity index (χ2n) is 8.70. The Kier molecular flexibility index (Phi) is 5.65. The number of benzene rings is 4. The molecule has 4 aromatic carbocycles. The summed E-state index contributed by atoms with van der Waals surface area (Å²) in [7, 11) is 0. The fourth-order valence-electron chi connectivity index (χ4n) is 3.58. The number of hydrogen-bond donors (Lipinski definition) is 3. The second kappa shape index (κ2) is 10.3. The van der Waals surface area contributed by atoms with Crippen LogP contribution in [0.25, 0.3) is 0 Å². The molecule has 0 radical (unpaired) electrons. The van der Waals surface area contributed by atoms with Gasteiger partial charge in [0.15, 0.2) is 0 Å². The molecular weight excluding hydrogens is 436 g/mol. The molecule has 0 fully saturated rings. The van der Waals surface area contributed by atoms with Crippen LogP contribution in [-0.4, -0.2) is 10.9 Å². The van der Waals surface area contributed by atoms with E-state index in [2.05, 4.69) is 0 Å². The van der Waals surface area contributed by atoms with Crippen LogP contribution < -0.4 is 15.2 Å². The number of rotatable bonds is 9. The van der Waals surface area contributed by atoms with Gasteiger partial charge in [-0.2, -0.15) is 0 Å². The van der Waals surface area contributed by atoms with E-state index in [1.54, 1.807) is 36.4 Å². The number of ether oxygens (including phenoxy) is 2. The lowest BCUT2D eigenvalue weighted by Crippen LogP contribution is -2.18. The van der Waals surface area contributed by atoms with Crippen LogP contribution in [0.3, 0.4) is 0 Å². The zero-order valence-corrected chi connectivity index (χ0v) is 19.7. The summed E-state index contributed by atoms with van der Waals surface area (Å²) in [5.41, 5.74) is 8.51. The molecule has 0 unspecified atom stereocenters. The van der Waals surface area contributed by atoms with Gasteiger partial charge in [-0.05, 0) is 76.8 Å². The molecule has 0 aliphatic rings. The van der Waals surface area contributed by atoms with E-state index in [0.29, 0.717) is 29.0 Å². The van der Waals surface area contributed by atoms with E-state index in [1.807, 2.05) is 38.1 Å². The Hall–Kier alpha value is -4.25. The zero-order valence-electron chi connectivity index (χ0n) is 23.7. The van der Waals surface area contributed by atoms with Crippen molar-refractivity contribution in [2.75, 3.05) is 0 Å². The monoisotopic (exact) mass is 474 g/mol. The van der Waals surface area contributed by atoms with E-state index in [0.717, 1.165) is 11.1 Å². The molecule has 5 nitrogen and oxygen atoms in total. The number of phenolic OH excluding ortho intramolecular Hbond substituents is 1. The highest BCUT2D eigenvalue weighted by Crippen LogP contribution is 2.33. The summed E-state index contributed by atoms with van der Waals surface area (Å²) in [5, 5.41) is 17.3. The molecule has 0 spiro atoms. The summed E-state index contributed by atoms with van der Waals surface area (Å²) in [6, 6.07) is 20.8. The first kappa shape index (κ1) is 19.1. The van der Waals surface area contributed by atoms with Gasteiger partial charge in [0.1, 0.15) is 36.3 Å². The number of nitrogen functional groups attached to an aromatic ring is 1. The highest BCUT2D eigenvalue weighted by Gasteiger charge is 2.23. The number of nitrogens with one attached hydrogen (secondary N) is 1. The number of hydrogen-bond acceptors (Lipinski definition) is 4. The molecule has 0 aromatic heterocycles. The van der Waals surface area contributed by atoms with Crippen molar-refractivity contribution in [2.24, 2.45) is 5.73 Å². The third-order valence-electron chi connectivity index (χ3n) is 5.84. The van der Waals surface area contributed by atoms with Crippen LogP contribution in [0, 0.1) is 5.41 Å². The Bertz CT molecular complexity index is 1480. The topological polar surface area (TPSA) is 88.6 Å². The van der Waals surface area contributed by atoms with Crippen LogP contribution in [0.2, 0.25) is 0 Å². The van der Waals surface area contributed by atoms with Gasteiger partial charge in [-0.3, -0.25) is 5.41 Å². The van der Waals surface area contributed by atoms with Gasteiger partial charge >= 0.3 is 0 Å². The zero-order chi connectivity index (χ0) is 28.3. The first-order chi connectivity index (χ1) is 18.5. The van der Waals surface area contributed by atoms with Gasteiger partial charge in [0.25, 0.3) is 0 Å². The van der Waals surface area contributed by atoms with Gasteiger partial charge < -0.3 is 20.3 Å². The summed E-state index contributed by atoms with van der Waals surface area (Å²) < 4.78 is 44.6. The fraction of sp³-hybridized carbons (Fsp3) is 0.167. The standard InChI is InChI=1S/C30H30N2O3/c1-30(2,24-8-12-26(33)13-9-24)25-10-16-28(17-11-25)35-20-22-5-3-4-21(18-22)19-34-27-14-6-23(7-15-27)29(31)32/h3-18,33H,19-20H2,1-2H3,(H3,31,32)/i12T,13T,16T,17T. The van der Waals surface area contributed by atoms with Gasteiger partial charge in [-0.15, -0.1) is 0 Å². The van der Waals surface area contributed by atoms with Crippen molar-refractivity contribution in [3.05, 3.63) is 125 Å². The molecule has 5 heteroatoms. The molecule has 0 saturated heterocycles. The molecule has 0 amide bonds. The quantitative estimate of drug-likeness (QED) is 0.200. The molecule has 0 aliphatic heterocycles. The highest BCUT2D eigenvalue weighted by molar-refractivity contribution is 5.94. The third-order valence-corrected chi connectivity index (χ3v) is 5.84. The van der Waals surface area contributed by atoms with E-state index in [1.165, 1.54) is 12.1 Å². The number of phenols is 1. The van der Waals surface area contributed by atoms with Crippen LogP contribution in [0.15, 0.2) is 97.0 Å². The smallest absolute Gasteiger partial charge is 0.122 e. The average Bonchev–Trinajstić information content (AvgIpc) is 2.90. The Labute approximate surface area is 211 Å². The van der Waals surface area contributed by atoms with Crippen LogP contribution in [0.5, 0.6) is 17.2 Å². The second-order valence-corrected chi connectivity index (χ2v) is 8.70. The van der Waals surface area contributed by atoms with Gasteiger partial charge in [0.2, 0.25) is 0 Å². The maximum atomic E-state index is 9.80. The van der Waals surface area contributed by atoms with E-state index in [4.69, 9.17) is 26.1 Å². The lowest BCUT2D eigenvalue weighted by atomic mass is 9.78. The van der Waals surface area contributed by atoms with Crippen LogP contribution in [0.1, 0.15) is 47.1 Å². The Morgan fingerprint density at radius 1 is 0.829 bits per heavy atom. The predicted octanol–water partition coefficient (Wildman–Crippen LogP) is 6.16. The molecule has 35 heavy (non-hydrogen) atoms. The van der Waals surface area contributed by atoms with Crippen molar-refractivity contribution in [2.45, 2.75) is 32.5 Å². The van der Waals surface area contributed by atoms with E-state index in [-0.39, 0.29) is 48.1 Å². The number of amidine groups is 1. The molecule has 0 atom stereocenters. The van der Waals surface area contributed by atoms with E-state index < -0.39 is 5.41 Å². The van der Waals surface area contributed by atoms with Gasteiger partial charge in [-0.1, -0.05) is 56.3 Å². The Morgan fingerprint density at radius 3 is 1.89 bits per heavy atom. The Morgan fingerprint density at radius 2 is 1.34 bits per heavy atom. The first-order valence-corrected chi connectivity index (χ1v) is 11.2. The maximum absolute atomic E-state index is 9.80. The minimum Gasteiger partial charge on any atom is -0.508 e. The number of nitrogens with two attached hydrogens (primary N) is 1. The van der Waals surface area contributed by atoms with Crippen molar-refractivity contribution in [1.82, 2.24) is 0 Å². The first-order valence-electron chi connectivity index (χ1n) is 13.2. The molecule has 0 bridgehead atoms. The lowest BCUT2D eigenvalue weighted by molar-refractivity contribution is 0.300. The molecule has 4 aromatic rings. The van der Waals surface area contributed by atoms with Gasteiger partial charge in [-0.25, -0.2) is 0 Å². The summed E-state index contributed by atoms with van der Waals surface area (Å²) in [5.74, 6) is 0.448. The summed E-state index contributed by atoms with van der Waals surface area (Å²) in [6.45, 7) is 4.28. The highest BCUT2D eigenvalue weighted by atomic mass is 16.5.